The van der Waals surface area contributed by atoms with Gasteiger partial charge in [0.05, 0.1) is 24.1 Å². The Bertz CT molecular complexity index is 631. The van der Waals surface area contributed by atoms with Crippen LogP contribution < -0.4 is 5.32 Å². The first kappa shape index (κ1) is 17.2. The van der Waals surface area contributed by atoms with E-state index in [0.717, 1.165) is 16.9 Å². The fourth-order valence-corrected chi connectivity index (χ4v) is 2.65. The molecule has 0 saturated carbocycles. The molecule has 2 aromatic rings. The molecule has 0 saturated heterocycles. The number of aromatic nitrogens is 2. The summed E-state index contributed by atoms with van der Waals surface area (Å²) in [6.07, 6.45) is -0.549. The normalized spacial score (nSPS) is 12.6. The first-order valence-corrected chi connectivity index (χ1v) is 7.66. The number of ether oxygens (including phenoxy) is 1. The van der Waals surface area contributed by atoms with E-state index in [2.05, 4.69) is 10.4 Å². The van der Waals surface area contributed by atoms with Gasteiger partial charge in [0, 0.05) is 30.8 Å². The second-order valence-corrected chi connectivity index (χ2v) is 5.78. The standard InChI is InChI=1S/C15H19Cl2N3O2/c1-10-14(8-18-7-13(21)9-22-2)15(17)20(19-10)12-5-3-4-11(16)6-12/h3-6,13,18,21H,7-9H2,1-2H3. The summed E-state index contributed by atoms with van der Waals surface area (Å²) in [5.41, 5.74) is 2.54. The Labute approximate surface area is 139 Å². The fourth-order valence-electron chi connectivity index (χ4n) is 2.13. The molecule has 2 N–H and O–H groups in total. The van der Waals surface area contributed by atoms with Crippen molar-refractivity contribution >= 4 is 23.2 Å². The molecule has 0 aliphatic heterocycles. The van der Waals surface area contributed by atoms with Gasteiger partial charge in [-0.1, -0.05) is 29.3 Å². The van der Waals surface area contributed by atoms with Crippen molar-refractivity contribution in [2.45, 2.75) is 19.6 Å². The predicted octanol–water partition coefficient (Wildman–Crippen LogP) is 2.58. The number of methoxy groups -OCH3 is 1. The molecule has 0 amide bonds. The van der Waals surface area contributed by atoms with Gasteiger partial charge in [0.1, 0.15) is 5.15 Å². The van der Waals surface area contributed by atoms with Gasteiger partial charge in [0.15, 0.2) is 0 Å². The lowest BCUT2D eigenvalue weighted by atomic mass is 10.2. The largest absolute Gasteiger partial charge is 0.389 e. The summed E-state index contributed by atoms with van der Waals surface area (Å²) in [7, 11) is 1.55. The predicted molar refractivity (Wildman–Crippen MR) is 87.9 cm³/mol. The molecule has 0 radical (unpaired) electrons. The molecule has 1 unspecified atom stereocenters. The molecular formula is C15H19Cl2N3O2. The number of nitrogens with one attached hydrogen (secondary N) is 1. The molecular weight excluding hydrogens is 325 g/mol. The van der Waals surface area contributed by atoms with Gasteiger partial charge in [-0.3, -0.25) is 0 Å². The summed E-state index contributed by atoms with van der Waals surface area (Å²) >= 11 is 12.4. The number of nitrogens with zero attached hydrogens (tertiary/aromatic N) is 2. The minimum absolute atomic E-state index is 0.293. The Morgan fingerprint density at radius 3 is 2.86 bits per heavy atom. The lowest BCUT2D eigenvalue weighted by Crippen LogP contribution is -2.29. The second kappa shape index (κ2) is 7.94. The molecule has 1 aromatic carbocycles. The van der Waals surface area contributed by atoms with E-state index in [0.29, 0.717) is 29.9 Å². The fraction of sp³-hybridized carbons (Fsp3) is 0.400. The molecule has 0 aliphatic rings. The number of halogens is 2. The lowest BCUT2D eigenvalue weighted by Gasteiger charge is -2.10. The van der Waals surface area contributed by atoms with Crippen molar-refractivity contribution in [1.82, 2.24) is 15.1 Å². The average molecular weight is 344 g/mol. The van der Waals surface area contributed by atoms with Gasteiger partial charge < -0.3 is 15.2 Å². The van der Waals surface area contributed by atoms with E-state index in [9.17, 15) is 5.11 Å². The monoisotopic (exact) mass is 343 g/mol. The number of rotatable bonds is 7. The van der Waals surface area contributed by atoms with Gasteiger partial charge in [-0.25, -0.2) is 4.68 Å². The SMILES string of the molecule is COCC(O)CNCc1c(C)nn(-c2cccc(Cl)c2)c1Cl. The summed E-state index contributed by atoms with van der Waals surface area (Å²) in [6, 6.07) is 7.35. The maximum absolute atomic E-state index is 9.62. The molecule has 1 aromatic heterocycles. The summed E-state index contributed by atoms with van der Waals surface area (Å²) in [5, 5.41) is 18.4. The van der Waals surface area contributed by atoms with Crippen LogP contribution in [0.1, 0.15) is 11.3 Å². The first-order valence-electron chi connectivity index (χ1n) is 6.90. The first-order chi connectivity index (χ1) is 10.5. The third-order valence-electron chi connectivity index (χ3n) is 3.22. The molecule has 120 valence electrons. The molecule has 2 rings (SSSR count). The van der Waals surface area contributed by atoms with E-state index in [4.69, 9.17) is 27.9 Å². The van der Waals surface area contributed by atoms with Crippen LogP contribution in [0, 0.1) is 6.92 Å². The zero-order valence-electron chi connectivity index (χ0n) is 12.5. The molecule has 0 fully saturated rings. The maximum Gasteiger partial charge on any atom is 0.137 e. The van der Waals surface area contributed by atoms with Crippen molar-refractivity contribution in [3.63, 3.8) is 0 Å². The van der Waals surface area contributed by atoms with Crippen molar-refractivity contribution < 1.29 is 9.84 Å². The summed E-state index contributed by atoms with van der Waals surface area (Å²) in [4.78, 5) is 0. The van der Waals surface area contributed by atoms with Gasteiger partial charge >= 0.3 is 0 Å². The number of aryl methyl sites for hydroxylation is 1. The Morgan fingerprint density at radius 1 is 1.41 bits per heavy atom. The van der Waals surface area contributed by atoms with Crippen molar-refractivity contribution in [1.29, 1.82) is 0 Å². The van der Waals surface area contributed by atoms with Gasteiger partial charge in [-0.2, -0.15) is 5.10 Å². The number of aliphatic hydroxyl groups excluding tert-OH is 1. The second-order valence-electron chi connectivity index (χ2n) is 4.99. The summed E-state index contributed by atoms with van der Waals surface area (Å²) < 4.78 is 6.54. The number of benzene rings is 1. The minimum atomic E-state index is -0.549. The van der Waals surface area contributed by atoms with Crippen LogP contribution in [0.15, 0.2) is 24.3 Å². The van der Waals surface area contributed by atoms with E-state index in [1.54, 1.807) is 23.9 Å². The number of aliphatic hydroxyl groups is 1. The van der Waals surface area contributed by atoms with Crippen LogP contribution in [-0.4, -0.2) is 41.3 Å². The molecule has 0 aliphatic carbocycles. The van der Waals surface area contributed by atoms with E-state index in [-0.39, 0.29) is 0 Å². The number of hydrogen-bond acceptors (Lipinski definition) is 4. The third kappa shape index (κ3) is 4.21. The van der Waals surface area contributed by atoms with Gasteiger partial charge in [-0.05, 0) is 25.1 Å². The molecule has 7 heteroatoms. The highest BCUT2D eigenvalue weighted by molar-refractivity contribution is 6.31. The summed E-state index contributed by atoms with van der Waals surface area (Å²) in [5.74, 6) is 0. The number of hydrogen-bond donors (Lipinski definition) is 2. The van der Waals surface area contributed by atoms with Crippen LogP contribution >= 0.6 is 23.2 Å². The quantitative estimate of drug-likeness (QED) is 0.811. The molecule has 5 nitrogen and oxygen atoms in total. The molecule has 0 bridgehead atoms. The summed E-state index contributed by atoms with van der Waals surface area (Å²) in [6.45, 7) is 3.13. The zero-order valence-corrected chi connectivity index (χ0v) is 14.0. The van der Waals surface area contributed by atoms with E-state index in [1.807, 2.05) is 19.1 Å². The molecule has 1 heterocycles. The van der Waals surface area contributed by atoms with Crippen LogP contribution in [0.25, 0.3) is 5.69 Å². The highest BCUT2D eigenvalue weighted by atomic mass is 35.5. The topological polar surface area (TPSA) is 59.3 Å². The van der Waals surface area contributed by atoms with E-state index >= 15 is 0 Å². The van der Waals surface area contributed by atoms with Gasteiger partial charge in [0.2, 0.25) is 0 Å². The van der Waals surface area contributed by atoms with Crippen LogP contribution in [0.3, 0.4) is 0 Å². The smallest absolute Gasteiger partial charge is 0.137 e. The average Bonchev–Trinajstić information content (AvgIpc) is 2.75. The molecule has 1 atom stereocenters. The maximum atomic E-state index is 9.62. The van der Waals surface area contributed by atoms with Crippen LogP contribution in [0.4, 0.5) is 0 Å². The third-order valence-corrected chi connectivity index (χ3v) is 3.84. The van der Waals surface area contributed by atoms with Crippen molar-refractivity contribution in [2.75, 3.05) is 20.3 Å². The van der Waals surface area contributed by atoms with E-state index in [1.165, 1.54) is 0 Å². The van der Waals surface area contributed by atoms with E-state index < -0.39 is 6.10 Å². The van der Waals surface area contributed by atoms with Crippen LogP contribution in [0.5, 0.6) is 0 Å². The Kier molecular flexibility index (Phi) is 6.23. The Morgan fingerprint density at radius 2 is 2.18 bits per heavy atom. The Balaban J connectivity index is 2.11. The minimum Gasteiger partial charge on any atom is -0.389 e. The highest BCUT2D eigenvalue weighted by Gasteiger charge is 2.15. The molecule has 0 spiro atoms. The zero-order chi connectivity index (χ0) is 16.1. The Hall–Kier alpha value is -1.11. The van der Waals surface area contributed by atoms with Crippen LogP contribution in [-0.2, 0) is 11.3 Å². The van der Waals surface area contributed by atoms with Crippen molar-refractivity contribution in [3.8, 4) is 5.69 Å². The highest BCUT2D eigenvalue weighted by Crippen LogP contribution is 2.24. The van der Waals surface area contributed by atoms with Gasteiger partial charge in [0.25, 0.3) is 0 Å². The van der Waals surface area contributed by atoms with Gasteiger partial charge in [-0.15, -0.1) is 0 Å². The lowest BCUT2D eigenvalue weighted by molar-refractivity contribution is 0.0644. The van der Waals surface area contributed by atoms with Crippen LogP contribution in [0.2, 0.25) is 10.2 Å². The van der Waals surface area contributed by atoms with Crippen molar-refractivity contribution in [3.05, 3.63) is 45.7 Å². The van der Waals surface area contributed by atoms with Crippen molar-refractivity contribution in [2.24, 2.45) is 0 Å². The molecule has 22 heavy (non-hydrogen) atoms.